The number of hydrogen-bond acceptors (Lipinski definition) is 8. The first-order valence-corrected chi connectivity index (χ1v) is 13.8. The Balaban J connectivity index is 1.18. The first-order chi connectivity index (χ1) is 19.7. The first-order valence-electron chi connectivity index (χ1n) is 13.8. The van der Waals surface area contributed by atoms with Crippen LogP contribution in [-0.4, -0.2) is 65.5 Å². The molecule has 2 aromatic carbocycles. The number of rotatable bonds is 8. The van der Waals surface area contributed by atoms with Crippen molar-refractivity contribution in [3.8, 4) is 11.4 Å². The number of para-hydroxylation sites is 1. The van der Waals surface area contributed by atoms with Crippen molar-refractivity contribution in [2.75, 3.05) is 49.6 Å². The summed E-state index contributed by atoms with van der Waals surface area (Å²) in [7, 11) is 0. The quantitative estimate of drug-likeness (QED) is 0.270. The number of H-pyrrole nitrogens is 1. The Morgan fingerprint density at radius 2 is 1.80 bits per heavy atom. The van der Waals surface area contributed by atoms with E-state index in [1.165, 1.54) is 0 Å². The smallest absolute Gasteiger partial charge is 0.251 e. The summed E-state index contributed by atoms with van der Waals surface area (Å²) >= 11 is 0. The summed E-state index contributed by atoms with van der Waals surface area (Å²) in [5.41, 5.74) is 4.19. The van der Waals surface area contributed by atoms with Crippen LogP contribution in [0.3, 0.4) is 0 Å². The lowest BCUT2D eigenvalue weighted by atomic mass is 9.87. The third-order valence-corrected chi connectivity index (χ3v) is 7.63. The van der Waals surface area contributed by atoms with Crippen LogP contribution in [0.4, 0.5) is 11.4 Å². The number of morpholine rings is 1. The second kappa shape index (κ2) is 11.8. The van der Waals surface area contributed by atoms with E-state index in [-0.39, 0.29) is 5.91 Å². The van der Waals surface area contributed by atoms with Crippen molar-refractivity contribution in [3.63, 3.8) is 0 Å². The highest BCUT2D eigenvalue weighted by Gasteiger charge is 2.37. The molecule has 0 saturated carbocycles. The molecular formula is C30H34N8O2. The number of nitrogens with one attached hydrogen (secondary N) is 4. The van der Waals surface area contributed by atoms with Gasteiger partial charge in [-0.05, 0) is 67.9 Å². The molecule has 2 saturated heterocycles. The lowest BCUT2D eigenvalue weighted by Crippen LogP contribution is -2.46. The van der Waals surface area contributed by atoms with Crippen molar-refractivity contribution in [2.45, 2.75) is 24.9 Å². The van der Waals surface area contributed by atoms with Crippen LogP contribution in [0.15, 0.2) is 73.1 Å². The van der Waals surface area contributed by atoms with E-state index in [0.717, 1.165) is 80.6 Å². The Hall–Kier alpha value is -4.28. The molecule has 10 nitrogen and oxygen atoms in total. The van der Waals surface area contributed by atoms with E-state index in [1.54, 1.807) is 12.4 Å². The van der Waals surface area contributed by atoms with Crippen LogP contribution in [0, 0.1) is 0 Å². The summed E-state index contributed by atoms with van der Waals surface area (Å²) in [6.45, 7) is 5.29. The van der Waals surface area contributed by atoms with Gasteiger partial charge in [0, 0.05) is 54.5 Å². The predicted octanol–water partition coefficient (Wildman–Crippen LogP) is 3.32. The zero-order valence-corrected chi connectivity index (χ0v) is 22.4. The summed E-state index contributed by atoms with van der Waals surface area (Å²) < 4.78 is 5.51. The highest BCUT2D eigenvalue weighted by molar-refractivity contribution is 5.95. The average Bonchev–Trinajstić information content (AvgIpc) is 3.53. The molecule has 0 unspecified atom stereocenters. The molecular weight excluding hydrogens is 504 g/mol. The van der Waals surface area contributed by atoms with Gasteiger partial charge in [0.25, 0.3) is 5.91 Å². The molecule has 10 heteroatoms. The lowest BCUT2D eigenvalue weighted by molar-refractivity contribution is 0.0950. The third kappa shape index (κ3) is 5.68. The van der Waals surface area contributed by atoms with Gasteiger partial charge in [0.15, 0.2) is 11.6 Å². The summed E-state index contributed by atoms with van der Waals surface area (Å²) in [4.78, 5) is 24.5. The Kier molecular flexibility index (Phi) is 7.69. The second-order valence-electron chi connectivity index (χ2n) is 10.2. The molecule has 2 aliphatic rings. The van der Waals surface area contributed by atoms with Gasteiger partial charge in [-0.2, -0.15) is 5.10 Å². The molecule has 4 N–H and O–H groups in total. The maximum atomic E-state index is 13.2. The van der Waals surface area contributed by atoms with Gasteiger partial charge in [0.2, 0.25) is 0 Å². The van der Waals surface area contributed by atoms with Crippen LogP contribution < -0.4 is 20.9 Å². The van der Waals surface area contributed by atoms with Crippen molar-refractivity contribution in [2.24, 2.45) is 0 Å². The molecule has 2 aliphatic heterocycles. The predicted molar refractivity (Wildman–Crippen MR) is 154 cm³/mol. The van der Waals surface area contributed by atoms with E-state index >= 15 is 0 Å². The first kappa shape index (κ1) is 26.0. The fourth-order valence-corrected chi connectivity index (χ4v) is 5.45. The number of nitrogens with zero attached hydrogens (tertiary/aromatic N) is 4. The molecule has 6 rings (SSSR count). The highest BCUT2D eigenvalue weighted by atomic mass is 16.5. The number of piperidine rings is 1. The number of carbonyl (C=O) groups is 1. The molecule has 4 aromatic rings. The van der Waals surface area contributed by atoms with Crippen molar-refractivity contribution in [1.82, 2.24) is 30.8 Å². The van der Waals surface area contributed by atoms with Crippen LogP contribution >= 0.6 is 0 Å². The highest BCUT2D eigenvalue weighted by Crippen LogP contribution is 2.34. The molecule has 2 aromatic heterocycles. The molecule has 206 valence electrons. The van der Waals surface area contributed by atoms with E-state index in [9.17, 15) is 4.79 Å². The molecule has 0 atom stereocenters. The maximum absolute atomic E-state index is 13.2. The largest absolute Gasteiger partial charge is 0.378 e. The molecule has 0 bridgehead atoms. The van der Waals surface area contributed by atoms with Gasteiger partial charge in [-0.25, -0.2) is 4.98 Å². The average molecular weight is 539 g/mol. The number of benzene rings is 2. The van der Waals surface area contributed by atoms with E-state index in [2.05, 4.69) is 48.2 Å². The Morgan fingerprint density at radius 3 is 2.62 bits per heavy atom. The number of hydrogen-bond donors (Lipinski definition) is 4. The number of pyridine rings is 1. The van der Waals surface area contributed by atoms with Gasteiger partial charge >= 0.3 is 0 Å². The van der Waals surface area contributed by atoms with E-state index in [4.69, 9.17) is 9.72 Å². The van der Waals surface area contributed by atoms with Gasteiger partial charge in [-0.3, -0.25) is 14.9 Å². The minimum Gasteiger partial charge on any atom is -0.378 e. The van der Waals surface area contributed by atoms with Crippen molar-refractivity contribution in [3.05, 3.63) is 90.0 Å². The van der Waals surface area contributed by atoms with Gasteiger partial charge in [0.05, 0.1) is 18.8 Å². The molecule has 0 aliphatic carbocycles. The molecule has 0 spiro atoms. The van der Waals surface area contributed by atoms with Crippen LogP contribution in [0.1, 0.15) is 34.6 Å². The fraction of sp³-hybridized carbons (Fsp3) is 0.333. The number of anilines is 2. The normalized spacial score (nSPS) is 16.9. The molecule has 4 heterocycles. The van der Waals surface area contributed by atoms with Gasteiger partial charge in [0.1, 0.15) is 0 Å². The van der Waals surface area contributed by atoms with Crippen molar-refractivity contribution in [1.29, 1.82) is 0 Å². The van der Waals surface area contributed by atoms with Crippen LogP contribution in [0.25, 0.3) is 11.4 Å². The van der Waals surface area contributed by atoms with E-state index < -0.39 is 5.54 Å². The zero-order valence-electron chi connectivity index (χ0n) is 22.4. The van der Waals surface area contributed by atoms with Gasteiger partial charge in [-0.15, -0.1) is 0 Å². The molecule has 1 amide bonds. The van der Waals surface area contributed by atoms with Gasteiger partial charge in [-0.1, -0.05) is 24.3 Å². The number of carbonyl (C=O) groups excluding carboxylic acids is 1. The van der Waals surface area contributed by atoms with Crippen molar-refractivity contribution < 1.29 is 9.53 Å². The summed E-state index contributed by atoms with van der Waals surface area (Å²) in [5, 5.41) is 17.9. The summed E-state index contributed by atoms with van der Waals surface area (Å²) in [6, 6.07) is 19.7. The minimum atomic E-state index is -0.435. The Morgan fingerprint density at radius 1 is 1.00 bits per heavy atom. The number of aromatic nitrogens is 4. The minimum absolute atomic E-state index is 0.112. The summed E-state index contributed by atoms with van der Waals surface area (Å²) in [6.07, 6.45) is 5.13. The number of ether oxygens (including phenoxy) is 1. The SMILES string of the molecule is O=C(NCc1ccccc1N1CCOCC1)c1cccc(NC2(c3nc(-c4ccncc4)n[nH]3)CCNCC2)c1. The summed E-state index contributed by atoms with van der Waals surface area (Å²) in [5.74, 6) is 1.32. The van der Waals surface area contributed by atoms with Crippen LogP contribution in [0.5, 0.6) is 0 Å². The van der Waals surface area contributed by atoms with Crippen molar-refractivity contribution >= 4 is 17.3 Å². The number of amides is 1. The Labute approximate surface area is 233 Å². The Bertz CT molecular complexity index is 1430. The van der Waals surface area contributed by atoms with Crippen LogP contribution in [0.2, 0.25) is 0 Å². The second-order valence-corrected chi connectivity index (χ2v) is 10.2. The zero-order chi connectivity index (χ0) is 27.2. The van der Waals surface area contributed by atoms with Gasteiger partial charge < -0.3 is 25.6 Å². The van der Waals surface area contributed by atoms with Crippen LogP contribution in [-0.2, 0) is 16.8 Å². The molecule has 2 fully saturated rings. The molecule has 40 heavy (non-hydrogen) atoms. The van der Waals surface area contributed by atoms with E-state index in [1.807, 2.05) is 48.5 Å². The maximum Gasteiger partial charge on any atom is 0.251 e. The monoisotopic (exact) mass is 538 g/mol. The number of aromatic amines is 1. The van der Waals surface area contributed by atoms with E-state index in [0.29, 0.717) is 17.9 Å². The lowest BCUT2D eigenvalue weighted by Gasteiger charge is -2.37. The fourth-order valence-electron chi connectivity index (χ4n) is 5.45. The third-order valence-electron chi connectivity index (χ3n) is 7.63. The standard InChI is InChI=1S/C30H34N8O2/c39-28(33-21-24-4-1-2-7-26(24)38-16-18-40-19-17-38)23-5-3-6-25(20-23)35-30(10-14-32-15-11-30)29-34-27(36-37-29)22-8-12-31-13-9-22/h1-9,12-13,20,32,35H,10-11,14-19,21H2,(H,33,39)(H,34,36,37). The molecule has 0 radical (unpaired) electrons. The topological polar surface area (TPSA) is 120 Å².